The predicted molar refractivity (Wildman–Crippen MR) is 33.1 cm³/mol. The first kappa shape index (κ1) is 9.66. The third-order valence-electron chi connectivity index (χ3n) is 0.827. The monoisotopic (exact) mass is 270 g/mol. The zero-order valence-corrected chi connectivity index (χ0v) is 8.60. The van der Waals surface area contributed by atoms with Gasteiger partial charge in [0.25, 0.3) is 0 Å². The minimum absolute atomic E-state index is 0. The van der Waals surface area contributed by atoms with E-state index in [0.717, 1.165) is 0 Å². The molecule has 0 aromatic heterocycles. The third-order valence-corrected chi connectivity index (χ3v) is 1.08. The molecule has 0 fully saturated rings. The van der Waals surface area contributed by atoms with E-state index in [2.05, 4.69) is 0 Å². The van der Waals surface area contributed by atoms with Crippen LogP contribution in [0.25, 0.3) is 0 Å². The summed E-state index contributed by atoms with van der Waals surface area (Å²) in [6.45, 7) is 0. The molecular formula is C6H5ClNdO. The Balaban J connectivity index is 0.000000640. The molecule has 0 aliphatic heterocycles. The van der Waals surface area contributed by atoms with Crippen molar-refractivity contribution < 1.29 is 45.9 Å². The summed E-state index contributed by atoms with van der Waals surface area (Å²) in [5.41, 5.74) is 0. The van der Waals surface area contributed by atoms with E-state index in [0.29, 0.717) is 5.02 Å². The molecule has 46 valence electrons. The zero-order chi connectivity index (χ0) is 5.98. The zero-order valence-electron chi connectivity index (χ0n) is 4.63. The molecule has 0 saturated heterocycles. The second kappa shape index (κ2) is 4.47. The van der Waals surface area contributed by atoms with Crippen LogP contribution in [-0.2, 0) is 0 Å². The van der Waals surface area contributed by atoms with Crippen LogP contribution in [0.2, 0.25) is 5.02 Å². The molecule has 0 aliphatic rings. The standard InChI is InChI=1S/C6H5ClO.Nd/c7-5-1-3-6(8)4-2-5;/h1-4,8H;. The minimum atomic E-state index is 0. The fourth-order valence-corrected chi connectivity index (χ4v) is 0.567. The van der Waals surface area contributed by atoms with Crippen molar-refractivity contribution in [1.82, 2.24) is 0 Å². The number of hydrogen-bond acceptors (Lipinski definition) is 1. The Morgan fingerprint density at radius 3 is 1.89 bits per heavy atom. The Kier molecular flexibility index (Phi) is 4.80. The van der Waals surface area contributed by atoms with Gasteiger partial charge in [0.1, 0.15) is 5.75 Å². The normalized spacial score (nSPS) is 8.11. The number of halogens is 1. The quantitative estimate of drug-likeness (QED) is 0.766. The van der Waals surface area contributed by atoms with Crippen molar-refractivity contribution in [2.75, 3.05) is 0 Å². The van der Waals surface area contributed by atoms with Crippen molar-refractivity contribution >= 4 is 11.6 Å². The number of phenolic OH excluding ortho intramolecular Hbond substituents is 1. The van der Waals surface area contributed by atoms with Gasteiger partial charge in [-0.2, -0.15) is 0 Å². The summed E-state index contributed by atoms with van der Waals surface area (Å²) in [5, 5.41) is 9.34. The van der Waals surface area contributed by atoms with E-state index < -0.39 is 0 Å². The average Bonchev–Trinajstić information content (AvgIpc) is 1.77. The molecule has 3 heteroatoms. The van der Waals surface area contributed by atoms with Crippen molar-refractivity contribution in [3.05, 3.63) is 29.3 Å². The van der Waals surface area contributed by atoms with Crippen LogP contribution in [0.5, 0.6) is 5.75 Å². The van der Waals surface area contributed by atoms with Gasteiger partial charge in [0, 0.05) is 45.9 Å². The smallest absolute Gasteiger partial charge is 0.115 e. The molecule has 1 aromatic carbocycles. The molecule has 9 heavy (non-hydrogen) atoms. The average molecular weight is 273 g/mol. The Labute approximate surface area is 91.6 Å². The molecule has 0 radical (unpaired) electrons. The van der Waals surface area contributed by atoms with Crippen LogP contribution in [0, 0.1) is 40.8 Å². The number of rotatable bonds is 0. The van der Waals surface area contributed by atoms with Crippen LogP contribution >= 0.6 is 11.6 Å². The Hall–Kier alpha value is 0.661. The maximum absolute atomic E-state index is 8.70. The van der Waals surface area contributed by atoms with Gasteiger partial charge in [0.05, 0.1) is 0 Å². The second-order valence-electron chi connectivity index (χ2n) is 1.48. The summed E-state index contributed by atoms with van der Waals surface area (Å²) >= 11 is 5.50. The van der Waals surface area contributed by atoms with Crippen molar-refractivity contribution in [2.45, 2.75) is 0 Å². The number of phenols is 1. The molecule has 1 aromatic rings. The largest absolute Gasteiger partial charge is 0.508 e. The van der Waals surface area contributed by atoms with E-state index >= 15 is 0 Å². The van der Waals surface area contributed by atoms with Gasteiger partial charge in [-0.15, -0.1) is 0 Å². The summed E-state index contributed by atoms with van der Waals surface area (Å²) in [7, 11) is 0. The maximum atomic E-state index is 8.70. The van der Waals surface area contributed by atoms with Gasteiger partial charge in [-0.25, -0.2) is 0 Å². The van der Waals surface area contributed by atoms with Gasteiger partial charge >= 0.3 is 0 Å². The van der Waals surface area contributed by atoms with Crippen LogP contribution in [0.4, 0.5) is 0 Å². The van der Waals surface area contributed by atoms with Gasteiger partial charge in [-0.3, -0.25) is 0 Å². The first-order valence-electron chi connectivity index (χ1n) is 2.23. The Morgan fingerprint density at radius 2 is 1.56 bits per heavy atom. The van der Waals surface area contributed by atoms with Crippen LogP contribution < -0.4 is 0 Å². The van der Waals surface area contributed by atoms with E-state index in [9.17, 15) is 0 Å². The molecule has 1 nitrogen and oxygen atoms in total. The fraction of sp³-hybridized carbons (Fsp3) is 0. The fourth-order valence-electron chi connectivity index (χ4n) is 0.441. The number of aromatic hydroxyl groups is 1. The van der Waals surface area contributed by atoms with Crippen molar-refractivity contribution in [3.8, 4) is 5.75 Å². The summed E-state index contributed by atoms with van der Waals surface area (Å²) < 4.78 is 0. The molecule has 0 unspecified atom stereocenters. The SMILES string of the molecule is Oc1ccc(Cl)cc1.[Nd]. The van der Waals surface area contributed by atoms with Crippen molar-refractivity contribution in [3.63, 3.8) is 0 Å². The van der Waals surface area contributed by atoms with Crippen LogP contribution in [0.15, 0.2) is 24.3 Å². The number of benzene rings is 1. The van der Waals surface area contributed by atoms with Crippen LogP contribution in [0.3, 0.4) is 0 Å². The van der Waals surface area contributed by atoms with Gasteiger partial charge in [-0.1, -0.05) is 11.6 Å². The molecule has 0 atom stereocenters. The molecule has 0 spiro atoms. The second-order valence-corrected chi connectivity index (χ2v) is 1.91. The molecule has 0 amide bonds. The molecule has 1 rings (SSSR count). The molecule has 0 saturated carbocycles. The molecule has 0 heterocycles. The van der Waals surface area contributed by atoms with Crippen LogP contribution in [0.1, 0.15) is 0 Å². The predicted octanol–water partition coefficient (Wildman–Crippen LogP) is 2.05. The van der Waals surface area contributed by atoms with Crippen molar-refractivity contribution in [1.29, 1.82) is 0 Å². The van der Waals surface area contributed by atoms with E-state index in [1.54, 1.807) is 24.3 Å². The van der Waals surface area contributed by atoms with E-state index in [4.69, 9.17) is 16.7 Å². The van der Waals surface area contributed by atoms with Gasteiger partial charge in [0.15, 0.2) is 0 Å². The summed E-state index contributed by atoms with van der Waals surface area (Å²) in [6.07, 6.45) is 0. The van der Waals surface area contributed by atoms with Gasteiger partial charge in [-0.05, 0) is 24.3 Å². The van der Waals surface area contributed by atoms with Crippen LogP contribution in [-0.4, -0.2) is 5.11 Å². The third kappa shape index (κ3) is 3.38. The summed E-state index contributed by atoms with van der Waals surface area (Å²) in [4.78, 5) is 0. The Bertz CT molecular complexity index is 152. The molecule has 0 aliphatic carbocycles. The summed E-state index contributed by atoms with van der Waals surface area (Å²) in [6, 6.07) is 6.36. The topological polar surface area (TPSA) is 20.2 Å². The minimum Gasteiger partial charge on any atom is -0.508 e. The first-order valence-corrected chi connectivity index (χ1v) is 2.61. The van der Waals surface area contributed by atoms with Crippen molar-refractivity contribution in [2.24, 2.45) is 0 Å². The first-order chi connectivity index (χ1) is 3.79. The maximum Gasteiger partial charge on any atom is 0.115 e. The molecule has 1 N–H and O–H groups in total. The summed E-state index contributed by atoms with van der Waals surface area (Å²) in [5.74, 6) is 0.245. The van der Waals surface area contributed by atoms with E-state index in [-0.39, 0.29) is 46.6 Å². The van der Waals surface area contributed by atoms with Gasteiger partial charge < -0.3 is 5.11 Å². The van der Waals surface area contributed by atoms with Gasteiger partial charge in [0.2, 0.25) is 0 Å². The molecule has 0 bridgehead atoms. The number of hydrogen-bond donors (Lipinski definition) is 1. The van der Waals surface area contributed by atoms with E-state index in [1.165, 1.54) is 0 Å². The molecular weight excluding hydrogens is 268 g/mol. The van der Waals surface area contributed by atoms with E-state index in [1.807, 2.05) is 0 Å². The Morgan fingerprint density at radius 1 is 1.11 bits per heavy atom.